The Hall–Kier alpha value is -0.923. The fraction of sp³-hybridized carbons (Fsp3) is 0.900. The summed E-state index contributed by atoms with van der Waals surface area (Å²) in [5.41, 5.74) is -0.277. The fourth-order valence-corrected chi connectivity index (χ4v) is 5.19. The minimum Gasteiger partial charge on any atom is -0.415 e. The molecule has 7 heteroatoms. The summed E-state index contributed by atoms with van der Waals surface area (Å²) in [6.45, 7) is 18.5. The number of nitrogens with one attached hydrogen (secondary N) is 1. The first-order chi connectivity index (χ1) is 12.2. The van der Waals surface area contributed by atoms with Crippen LogP contribution in [-0.2, 0) is 14.0 Å². The summed E-state index contributed by atoms with van der Waals surface area (Å²) in [6.07, 6.45) is 1.85. The Balaban J connectivity index is 1.76. The fourth-order valence-electron chi connectivity index (χ4n) is 4.17. The molecule has 2 amide bonds. The molecule has 3 fully saturated rings. The quantitative estimate of drug-likeness (QED) is 0.586. The van der Waals surface area contributed by atoms with Crippen molar-refractivity contribution in [3.05, 3.63) is 0 Å². The van der Waals surface area contributed by atoms with Crippen molar-refractivity contribution in [2.75, 3.05) is 13.2 Å². The van der Waals surface area contributed by atoms with Gasteiger partial charge in [0, 0.05) is 5.54 Å². The maximum Gasteiger partial charge on any atom is 0.240 e. The smallest absolute Gasteiger partial charge is 0.240 e. The highest BCUT2D eigenvalue weighted by Crippen LogP contribution is 2.44. The molecule has 3 saturated heterocycles. The van der Waals surface area contributed by atoms with Gasteiger partial charge in [0.05, 0.1) is 24.7 Å². The maximum atomic E-state index is 13.1. The molecular weight excluding hydrogens is 358 g/mol. The van der Waals surface area contributed by atoms with Crippen LogP contribution in [0.3, 0.4) is 0 Å². The van der Waals surface area contributed by atoms with E-state index in [9.17, 15) is 9.59 Å². The van der Waals surface area contributed by atoms with E-state index in [1.165, 1.54) is 0 Å². The Morgan fingerprint density at radius 1 is 1.22 bits per heavy atom. The van der Waals surface area contributed by atoms with Crippen LogP contribution < -0.4 is 5.32 Å². The summed E-state index contributed by atoms with van der Waals surface area (Å²) in [5.74, 6) is 0.243. The highest BCUT2D eigenvalue weighted by Gasteiger charge is 2.65. The van der Waals surface area contributed by atoms with Gasteiger partial charge >= 0.3 is 0 Å². The second-order valence-corrected chi connectivity index (χ2v) is 15.8. The lowest BCUT2D eigenvalue weighted by Gasteiger charge is -2.37. The lowest BCUT2D eigenvalue weighted by Crippen LogP contribution is -2.61. The minimum atomic E-state index is -1.88. The van der Waals surface area contributed by atoms with E-state index in [-0.39, 0.29) is 46.6 Å². The first-order valence-electron chi connectivity index (χ1n) is 10.3. The summed E-state index contributed by atoms with van der Waals surface area (Å²) < 4.78 is 6.40. The molecular formula is C20H37N3O3Si. The second-order valence-electron chi connectivity index (χ2n) is 11.0. The van der Waals surface area contributed by atoms with E-state index in [1.807, 2.05) is 25.7 Å². The summed E-state index contributed by atoms with van der Waals surface area (Å²) in [5, 5.41) is 3.27. The zero-order valence-electron chi connectivity index (χ0n) is 18.3. The van der Waals surface area contributed by atoms with Gasteiger partial charge in [-0.25, -0.2) is 0 Å². The van der Waals surface area contributed by atoms with Gasteiger partial charge in [0.1, 0.15) is 6.04 Å². The summed E-state index contributed by atoms with van der Waals surface area (Å²) in [4.78, 5) is 30.1. The Labute approximate surface area is 165 Å². The molecule has 0 aromatic rings. The Morgan fingerprint density at radius 3 is 2.41 bits per heavy atom. The SMILES string of the molecule is CC(C)(C)NC(=O)[C@H]1[C@@H]2[C@@H](CO[Si](C)(C)C(C)(C)C)N2C(=O)[C@@H]2CCCN21. The van der Waals surface area contributed by atoms with Gasteiger partial charge in [-0.15, -0.1) is 0 Å². The average molecular weight is 396 g/mol. The van der Waals surface area contributed by atoms with Crippen LogP contribution in [0.1, 0.15) is 54.4 Å². The van der Waals surface area contributed by atoms with Crippen molar-refractivity contribution in [2.45, 2.75) is 102 Å². The maximum absolute atomic E-state index is 13.1. The molecule has 6 nitrogen and oxygen atoms in total. The van der Waals surface area contributed by atoms with Gasteiger partial charge < -0.3 is 14.6 Å². The summed E-state index contributed by atoms with van der Waals surface area (Å²) >= 11 is 0. The molecule has 3 aliphatic rings. The zero-order chi connectivity index (χ0) is 20.4. The number of amides is 2. The van der Waals surface area contributed by atoms with E-state index in [0.29, 0.717) is 6.61 Å². The first-order valence-corrected chi connectivity index (χ1v) is 13.2. The van der Waals surface area contributed by atoms with E-state index >= 15 is 0 Å². The standard InChI is InChI=1S/C20H37N3O3Si/c1-19(2,3)21-17(24)16-15-14(12-26-27(7,8)20(4,5)6)23(15)18(25)13-10-9-11-22(13)16/h13-16H,9-12H2,1-8H3,(H,21,24)/t13-,14+,15-,16+,23?/m0/s1. The topological polar surface area (TPSA) is 61.6 Å². The number of hydrogen-bond donors (Lipinski definition) is 1. The number of piperazine rings is 1. The third-order valence-corrected chi connectivity index (χ3v) is 11.2. The molecule has 0 aromatic heterocycles. The number of rotatable bonds is 4. The molecule has 0 aliphatic carbocycles. The Kier molecular flexibility index (Phi) is 5.05. The zero-order valence-corrected chi connectivity index (χ0v) is 19.3. The van der Waals surface area contributed by atoms with Gasteiger partial charge in [-0.05, 0) is 58.3 Å². The van der Waals surface area contributed by atoms with Gasteiger partial charge in [0.15, 0.2) is 8.32 Å². The summed E-state index contributed by atoms with van der Waals surface area (Å²) in [6, 6.07) is -0.385. The second kappa shape index (κ2) is 6.56. The molecule has 3 heterocycles. The summed E-state index contributed by atoms with van der Waals surface area (Å²) in [7, 11) is -1.88. The van der Waals surface area contributed by atoms with E-state index in [4.69, 9.17) is 4.43 Å². The van der Waals surface area contributed by atoms with Gasteiger partial charge in [0.25, 0.3) is 0 Å². The average Bonchev–Trinajstić information content (AvgIpc) is 2.96. The van der Waals surface area contributed by atoms with Crippen molar-refractivity contribution in [3.8, 4) is 0 Å². The minimum absolute atomic E-state index is 0.0351. The first kappa shape index (κ1) is 20.8. The molecule has 0 spiro atoms. The molecule has 0 aromatic carbocycles. The van der Waals surface area contributed by atoms with Gasteiger partial charge in [-0.1, -0.05) is 20.8 Å². The monoisotopic (exact) mass is 395 g/mol. The third kappa shape index (κ3) is 3.83. The van der Waals surface area contributed by atoms with Crippen molar-refractivity contribution < 1.29 is 14.0 Å². The van der Waals surface area contributed by atoms with Crippen LogP contribution in [0.15, 0.2) is 0 Å². The van der Waals surface area contributed by atoms with Gasteiger partial charge in [0.2, 0.25) is 11.8 Å². The number of fused-ring (bicyclic) bond motifs is 2. The van der Waals surface area contributed by atoms with Crippen LogP contribution in [0.25, 0.3) is 0 Å². The molecule has 0 unspecified atom stereocenters. The van der Waals surface area contributed by atoms with Crippen LogP contribution >= 0.6 is 0 Å². The lowest BCUT2D eigenvalue weighted by atomic mass is 10.0. The molecule has 154 valence electrons. The Bertz CT molecular complexity index is 623. The molecule has 3 rings (SSSR count). The molecule has 27 heavy (non-hydrogen) atoms. The van der Waals surface area contributed by atoms with Gasteiger partial charge in [-0.2, -0.15) is 0 Å². The van der Waals surface area contributed by atoms with Crippen LogP contribution in [0.2, 0.25) is 18.1 Å². The number of carbonyl (C=O) groups is 2. The number of carbonyl (C=O) groups excluding carboxylic acids is 2. The largest absolute Gasteiger partial charge is 0.415 e. The molecule has 1 N–H and O–H groups in total. The van der Waals surface area contributed by atoms with Crippen LogP contribution in [0.5, 0.6) is 0 Å². The molecule has 0 saturated carbocycles. The van der Waals surface area contributed by atoms with Crippen molar-refractivity contribution >= 4 is 20.1 Å². The van der Waals surface area contributed by atoms with Crippen LogP contribution in [-0.4, -0.2) is 72.8 Å². The van der Waals surface area contributed by atoms with Crippen molar-refractivity contribution in [3.63, 3.8) is 0 Å². The normalized spacial score (nSPS) is 31.6. The lowest BCUT2D eigenvalue weighted by molar-refractivity contribution is -0.140. The number of hydrogen-bond acceptors (Lipinski definition) is 4. The Morgan fingerprint density at radius 2 is 1.85 bits per heavy atom. The highest BCUT2D eigenvalue weighted by atomic mass is 28.4. The van der Waals surface area contributed by atoms with Crippen molar-refractivity contribution in [1.82, 2.24) is 15.1 Å². The van der Waals surface area contributed by atoms with Crippen molar-refractivity contribution in [2.24, 2.45) is 0 Å². The predicted molar refractivity (Wildman–Crippen MR) is 109 cm³/mol. The third-order valence-electron chi connectivity index (χ3n) is 6.69. The van der Waals surface area contributed by atoms with E-state index in [2.05, 4.69) is 44.1 Å². The van der Waals surface area contributed by atoms with Crippen LogP contribution in [0.4, 0.5) is 0 Å². The van der Waals surface area contributed by atoms with Crippen LogP contribution in [0, 0.1) is 0 Å². The predicted octanol–water partition coefficient (Wildman–Crippen LogP) is 2.35. The molecule has 3 aliphatic heterocycles. The van der Waals surface area contributed by atoms with E-state index in [1.54, 1.807) is 0 Å². The highest BCUT2D eigenvalue weighted by molar-refractivity contribution is 6.74. The molecule has 0 bridgehead atoms. The van der Waals surface area contributed by atoms with Gasteiger partial charge in [-0.3, -0.25) is 14.5 Å². The molecule has 0 radical (unpaired) electrons. The van der Waals surface area contributed by atoms with E-state index in [0.717, 1.165) is 19.4 Å². The molecule has 4 atom stereocenters. The van der Waals surface area contributed by atoms with E-state index < -0.39 is 8.32 Å². The number of nitrogens with zero attached hydrogens (tertiary/aromatic N) is 2. The van der Waals surface area contributed by atoms with Crippen molar-refractivity contribution in [1.29, 1.82) is 0 Å².